The molecular formula is C11H12BrF3S. The van der Waals surface area contributed by atoms with Crippen LogP contribution in [0.15, 0.2) is 22.7 Å². The molecule has 0 aromatic heterocycles. The van der Waals surface area contributed by atoms with Gasteiger partial charge in [-0.25, -0.2) is 0 Å². The number of thioether (sulfide) groups is 1. The number of benzene rings is 1. The van der Waals surface area contributed by atoms with Gasteiger partial charge in [0.05, 0.1) is 5.56 Å². The Labute approximate surface area is 106 Å². The van der Waals surface area contributed by atoms with Gasteiger partial charge in [0.1, 0.15) is 0 Å². The first kappa shape index (κ1) is 13.9. The second kappa shape index (κ2) is 5.45. The van der Waals surface area contributed by atoms with Gasteiger partial charge in [0.15, 0.2) is 0 Å². The van der Waals surface area contributed by atoms with Gasteiger partial charge in [-0.1, -0.05) is 35.8 Å². The van der Waals surface area contributed by atoms with Crippen molar-refractivity contribution in [1.29, 1.82) is 0 Å². The normalized spacial score (nSPS) is 12.2. The van der Waals surface area contributed by atoms with Gasteiger partial charge < -0.3 is 0 Å². The van der Waals surface area contributed by atoms with Crippen molar-refractivity contribution in [2.45, 2.75) is 31.0 Å². The van der Waals surface area contributed by atoms with Crippen molar-refractivity contribution in [1.82, 2.24) is 0 Å². The lowest BCUT2D eigenvalue weighted by molar-refractivity contribution is -0.138. The Morgan fingerprint density at radius 2 is 1.94 bits per heavy atom. The molecule has 5 heteroatoms. The summed E-state index contributed by atoms with van der Waals surface area (Å²) in [6.07, 6.45) is -4.28. The van der Waals surface area contributed by atoms with E-state index in [9.17, 15) is 13.2 Å². The van der Waals surface area contributed by atoms with Crippen LogP contribution in [0.4, 0.5) is 13.2 Å². The van der Waals surface area contributed by atoms with Gasteiger partial charge in [0, 0.05) is 10.2 Å². The molecular weight excluding hydrogens is 301 g/mol. The quantitative estimate of drug-likeness (QED) is 0.747. The van der Waals surface area contributed by atoms with E-state index in [1.54, 1.807) is 6.07 Å². The maximum atomic E-state index is 12.7. The molecule has 16 heavy (non-hydrogen) atoms. The summed E-state index contributed by atoms with van der Waals surface area (Å²) in [7, 11) is 0. The molecule has 1 aromatic carbocycles. The van der Waals surface area contributed by atoms with Crippen molar-refractivity contribution in [3.63, 3.8) is 0 Å². The van der Waals surface area contributed by atoms with E-state index < -0.39 is 11.7 Å². The first-order valence-electron chi connectivity index (χ1n) is 4.78. The van der Waals surface area contributed by atoms with Gasteiger partial charge in [0.25, 0.3) is 0 Å². The molecule has 0 amide bonds. The average molecular weight is 313 g/mol. The SMILES string of the molecule is CC(C)SCc1ccc(Br)cc1C(F)(F)F. The Morgan fingerprint density at radius 1 is 1.31 bits per heavy atom. The Balaban J connectivity index is 2.99. The fraction of sp³-hybridized carbons (Fsp3) is 0.455. The number of alkyl halides is 3. The third-order valence-corrected chi connectivity index (χ3v) is 3.59. The number of halogens is 4. The average Bonchev–Trinajstić information content (AvgIpc) is 2.14. The maximum absolute atomic E-state index is 12.7. The van der Waals surface area contributed by atoms with Crippen LogP contribution in [0.5, 0.6) is 0 Å². The minimum atomic E-state index is -4.28. The summed E-state index contributed by atoms with van der Waals surface area (Å²) in [5.74, 6) is 0.389. The van der Waals surface area contributed by atoms with Crippen LogP contribution in [0, 0.1) is 0 Å². The van der Waals surface area contributed by atoms with Crippen molar-refractivity contribution in [3.8, 4) is 0 Å². The number of rotatable bonds is 3. The Hall–Kier alpha value is -0.160. The summed E-state index contributed by atoms with van der Waals surface area (Å²) < 4.78 is 38.6. The first-order chi connectivity index (χ1) is 7.30. The predicted octanol–water partition coefficient (Wildman–Crippen LogP) is 5.11. The lowest BCUT2D eigenvalue weighted by Gasteiger charge is -2.14. The van der Waals surface area contributed by atoms with Crippen LogP contribution in [0.3, 0.4) is 0 Å². The van der Waals surface area contributed by atoms with Crippen molar-refractivity contribution >= 4 is 27.7 Å². The summed E-state index contributed by atoms with van der Waals surface area (Å²) in [5.41, 5.74) is -0.204. The van der Waals surface area contributed by atoms with E-state index in [-0.39, 0.29) is 0 Å². The highest BCUT2D eigenvalue weighted by atomic mass is 79.9. The van der Waals surface area contributed by atoms with Crippen molar-refractivity contribution in [3.05, 3.63) is 33.8 Å². The molecule has 0 N–H and O–H groups in total. The Morgan fingerprint density at radius 3 is 2.44 bits per heavy atom. The largest absolute Gasteiger partial charge is 0.416 e. The van der Waals surface area contributed by atoms with Crippen LogP contribution in [0.2, 0.25) is 0 Å². The van der Waals surface area contributed by atoms with Crippen molar-refractivity contribution in [2.24, 2.45) is 0 Å². The zero-order valence-electron chi connectivity index (χ0n) is 8.94. The zero-order chi connectivity index (χ0) is 12.3. The van der Waals surface area contributed by atoms with E-state index in [2.05, 4.69) is 15.9 Å². The van der Waals surface area contributed by atoms with Crippen molar-refractivity contribution in [2.75, 3.05) is 0 Å². The molecule has 0 heterocycles. The molecule has 0 saturated heterocycles. The standard InChI is InChI=1S/C11H12BrF3S/c1-7(2)16-6-8-3-4-9(12)5-10(8)11(13,14)15/h3-5,7H,6H2,1-2H3. The summed E-state index contributed by atoms with van der Waals surface area (Å²) in [6.45, 7) is 3.94. The van der Waals surface area contributed by atoms with E-state index in [0.717, 1.165) is 6.07 Å². The van der Waals surface area contributed by atoms with Gasteiger partial charge in [-0.2, -0.15) is 24.9 Å². The lowest BCUT2D eigenvalue weighted by Crippen LogP contribution is -2.09. The highest BCUT2D eigenvalue weighted by Crippen LogP contribution is 2.35. The fourth-order valence-corrected chi connectivity index (χ4v) is 2.32. The van der Waals surface area contributed by atoms with Crippen LogP contribution in [-0.2, 0) is 11.9 Å². The molecule has 0 aliphatic rings. The molecule has 90 valence electrons. The monoisotopic (exact) mass is 312 g/mol. The Kier molecular flexibility index (Phi) is 4.73. The summed E-state index contributed by atoms with van der Waals surface area (Å²) in [4.78, 5) is 0. The molecule has 1 aromatic rings. The highest BCUT2D eigenvalue weighted by molar-refractivity contribution is 9.10. The van der Waals surface area contributed by atoms with Gasteiger partial charge in [-0.05, 0) is 22.9 Å². The van der Waals surface area contributed by atoms with Gasteiger partial charge in [0.2, 0.25) is 0 Å². The van der Waals surface area contributed by atoms with Crippen LogP contribution >= 0.6 is 27.7 Å². The molecule has 1 rings (SSSR count). The van der Waals surface area contributed by atoms with Crippen LogP contribution in [0.25, 0.3) is 0 Å². The van der Waals surface area contributed by atoms with Gasteiger partial charge >= 0.3 is 6.18 Å². The van der Waals surface area contributed by atoms with Gasteiger partial charge in [-0.3, -0.25) is 0 Å². The summed E-state index contributed by atoms with van der Waals surface area (Å²) >= 11 is 4.57. The smallest absolute Gasteiger partial charge is 0.166 e. The molecule has 0 spiro atoms. The number of hydrogen-bond acceptors (Lipinski definition) is 1. The molecule has 0 radical (unpaired) electrons. The Bertz CT molecular complexity index is 361. The predicted molar refractivity (Wildman–Crippen MR) is 65.6 cm³/mol. The third kappa shape index (κ3) is 4.01. The van der Waals surface area contributed by atoms with E-state index in [0.29, 0.717) is 21.0 Å². The lowest BCUT2D eigenvalue weighted by atomic mass is 10.1. The zero-order valence-corrected chi connectivity index (χ0v) is 11.3. The van der Waals surface area contributed by atoms with Crippen LogP contribution in [0.1, 0.15) is 25.0 Å². The minimum Gasteiger partial charge on any atom is -0.166 e. The second-order valence-corrected chi connectivity index (χ2v) is 6.14. The second-order valence-electron chi connectivity index (χ2n) is 3.66. The highest BCUT2D eigenvalue weighted by Gasteiger charge is 2.33. The van der Waals surface area contributed by atoms with E-state index in [1.807, 2.05) is 13.8 Å². The summed E-state index contributed by atoms with van der Waals surface area (Å²) in [6, 6.07) is 4.31. The summed E-state index contributed by atoms with van der Waals surface area (Å²) in [5, 5.41) is 0.324. The van der Waals surface area contributed by atoms with Gasteiger partial charge in [-0.15, -0.1) is 0 Å². The van der Waals surface area contributed by atoms with Crippen molar-refractivity contribution < 1.29 is 13.2 Å². The van der Waals surface area contributed by atoms with E-state index in [4.69, 9.17) is 0 Å². The fourth-order valence-electron chi connectivity index (χ4n) is 1.19. The minimum absolute atomic E-state index is 0.324. The molecule has 0 fully saturated rings. The number of hydrogen-bond donors (Lipinski definition) is 0. The molecule has 0 atom stereocenters. The molecule has 0 aliphatic carbocycles. The molecule has 0 nitrogen and oxygen atoms in total. The van der Waals surface area contributed by atoms with E-state index >= 15 is 0 Å². The first-order valence-corrected chi connectivity index (χ1v) is 6.62. The van der Waals surface area contributed by atoms with Crippen LogP contribution < -0.4 is 0 Å². The molecule has 0 saturated carbocycles. The maximum Gasteiger partial charge on any atom is 0.416 e. The van der Waals surface area contributed by atoms with E-state index in [1.165, 1.54) is 17.8 Å². The third-order valence-electron chi connectivity index (χ3n) is 1.95. The molecule has 0 unspecified atom stereocenters. The molecule has 0 aliphatic heterocycles. The van der Waals surface area contributed by atoms with Crippen LogP contribution in [-0.4, -0.2) is 5.25 Å². The molecule has 0 bridgehead atoms. The topological polar surface area (TPSA) is 0 Å².